The minimum absolute atomic E-state index is 0.146. The SMILES string of the molecule is CC(Sc1nncs1)C(=O)Nc1ccc(N)cc1Cl. The molecule has 0 radical (unpaired) electrons. The van der Waals surface area contributed by atoms with Crippen LogP contribution in [0.25, 0.3) is 0 Å². The number of nitrogens with zero attached hydrogens (tertiary/aromatic N) is 2. The van der Waals surface area contributed by atoms with Crippen LogP contribution in [0.3, 0.4) is 0 Å². The van der Waals surface area contributed by atoms with Crippen molar-refractivity contribution in [1.82, 2.24) is 10.2 Å². The summed E-state index contributed by atoms with van der Waals surface area (Å²) in [6.07, 6.45) is 0. The molecule has 1 amide bonds. The number of benzene rings is 1. The van der Waals surface area contributed by atoms with Gasteiger partial charge in [-0.05, 0) is 25.1 Å². The van der Waals surface area contributed by atoms with E-state index in [4.69, 9.17) is 17.3 Å². The molecule has 0 spiro atoms. The van der Waals surface area contributed by atoms with Crippen LogP contribution in [0.2, 0.25) is 5.02 Å². The molecule has 1 heterocycles. The number of carbonyl (C=O) groups is 1. The zero-order chi connectivity index (χ0) is 13.8. The largest absolute Gasteiger partial charge is 0.399 e. The molecule has 100 valence electrons. The normalized spacial score (nSPS) is 12.1. The average Bonchev–Trinajstić information content (AvgIpc) is 2.85. The molecule has 0 saturated carbocycles. The molecule has 0 saturated heterocycles. The van der Waals surface area contributed by atoms with Gasteiger partial charge in [0.1, 0.15) is 5.51 Å². The maximum Gasteiger partial charge on any atom is 0.237 e. The molecule has 8 heteroatoms. The van der Waals surface area contributed by atoms with Gasteiger partial charge < -0.3 is 11.1 Å². The first kappa shape index (κ1) is 14.1. The fourth-order valence-corrected chi connectivity index (χ4v) is 3.15. The zero-order valence-electron chi connectivity index (χ0n) is 9.96. The summed E-state index contributed by atoms with van der Waals surface area (Å²) in [4.78, 5) is 12.0. The summed E-state index contributed by atoms with van der Waals surface area (Å²) in [5.41, 5.74) is 8.32. The molecular weight excluding hydrogens is 304 g/mol. The zero-order valence-corrected chi connectivity index (χ0v) is 12.4. The summed E-state index contributed by atoms with van der Waals surface area (Å²) < 4.78 is 0.756. The summed E-state index contributed by atoms with van der Waals surface area (Å²) in [5.74, 6) is -0.146. The van der Waals surface area contributed by atoms with Crippen LogP contribution in [-0.2, 0) is 4.79 Å². The van der Waals surface area contributed by atoms with Gasteiger partial charge in [-0.15, -0.1) is 10.2 Å². The van der Waals surface area contributed by atoms with Crippen molar-refractivity contribution in [3.05, 3.63) is 28.7 Å². The van der Waals surface area contributed by atoms with Gasteiger partial charge in [0.2, 0.25) is 5.91 Å². The number of amides is 1. The average molecular weight is 315 g/mol. The molecule has 0 fully saturated rings. The summed E-state index contributed by atoms with van der Waals surface area (Å²) in [5, 5.41) is 10.5. The van der Waals surface area contributed by atoms with Gasteiger partial charge in [-0.3, -0.25) is 4.79 Å². The summed E-state index contributed by atoms with van der Waals surface area (Å²) >= 11 is 8.75. The van der Waals surface area contributed by atoms with Crippen molar-refractivity contribution in [2.45, 2.75) is 16.5 Å². The van der Waals surface area contributed by atoms with E-state index in [1.54, 1.807) is 30.6 Å². The van der Waals surface area contributed by atoms with Crippen LogP contribution in [-0.4, -0.2) is 21.4 Å². The molecule has 19 heavy (non-hydrogen) atoms. The predicted octanol–water partition coefficient (Wildman–Crippen LogP) is 2.89. The summed E-state index contributed by atoms with van der Waals surface area (Å²) in [7, 11) is 0. The van der Waals surface area contributed by atoms with Crippen molar-refractivity contribution in [3.8, 4) is 0 Å². The highest BCUT2D eigenvalue weighted by molar-refractivity contribution is 8.02. The van der Waals surface area contributed by atoms with E-state index in [-0.39, 0.29) is 11.2 Å². The molecule has 2 rings (SSSR count). The van der Waals surface area contributed by atoms with Gasteiger partial charge >= 0.3 is 0 Å². The molecule has 1 aromatic heterocycles. The molecule has 1 aromatic carbocycles. The van der Waals surface area contributed by atoms with Gasteiger partial charge in [0.05, 0.1) is 16.0 Å². The van der Waals surface area contributed by atoms with E-state index in [1.165, 1.54) is 23.1 Å². The first-order chi connectivity index (χ1) is 9.06. The number of aromatic nitrogens is 2. The third kappa shape index (κ3) is 3.82. The maximum absolute atomic E-state index is 12.0. The van der Waals surface area contributed by atoms with Crippen LogP contribution in [0.5, 0.6) is 0 Å². The van der Waals surface area contributed by atoms with E-state index in [2.05, 4.69) is 15.5 Å². The number of hydrogen-bond donors (Lipinski definition) is 2. The Kier molecular flexibility index (Phi) is 4.62. The minimum Gasteiger partial charge on any atom is -0.399 e. The Morgan fingerprint density at radius 3 is 3.00 bits per heavy atom. The molecule has 0 bridgehead atoms. The van der Waals surface area contributed by atoms with Crippen molar-refractivity contribution in [2.75, 3.05) is 11.1 Å². The Labute approximate surface area is 123 Å². The van der Waals surface area contributed by atoms with Crippen LogP contribution in [0.1, 0.15) is 6.92 Å². The molecule has 0 aliphatic rings. The third-order valence-corrected chi connectivity index (χ3v) is 4.46. The second-order valence-corrected chi connectivity index (χ2v) is 6.52. The van der Waals surface area contributed by atoms with Crippen LogP contribution in [0.4, 0.5) is 11.4 Å². The number of rotatable bonds is 4. The highest BCUT2D eigenvalue weighted by atomic mass is 35.5. The lowest BCUT2D eigenvalue weighted by Crippen LogP contribution is -2.22. The number of thioether (sulfide) groups is 1. The molecule has 0 aliphatic heterocycles. The number of carbonyl (C=O) groups excluding carboxylic acids is 1. The Bertz CT molecular complexity index is 576. The topological polar surface area (TPSA) is 80.9 Å². The first-order valence-corrected chi connectivity index (χ1v) is 7.48. The lowest BCUT2D eigenvalue weighted by Gasteiger charge is -2.11. The van der Waals surface area contributed by atoms with Crippen molar-refractivity contribution >= 4 is 52.0 Å². The van der Waals surface area contributed by atoms with Gasteiger partial charge in [0.25, 0.3) is 0 Å². The standard InChI is InChI=1S/C11H11ClN4OS2/c1-6(19-11-16-14-5-18-11)10(17)15-9-3-2-7(13)4-8(9)12/h2-6H,13H2,1H3,(H,15,17). The highest BCUT2D eigenvalue weighted by Gasteiger charge is 2.17. The van der Waals surface area contributed by atoms with Crippen LogP contribution >= 0.6 is 34.7 Å². The number of anilines is 2. The van der Waals surface area contributed by atoms with Crippen molar-refractivity contribution < 1.29 is 4.79 Å². The molecule has 5 nitrogen and oxygen atoms in total. The quantitative estimate of drug-likeness (QED) is 0.670. The number of halogens is 1. The third-order valence-electron chi connectivity index (χ3n) is 2.24. The fraction of sp³-hybridized carbons (Fsp3) is 0.182. The monoisotopic (exact) mass is 314 g/mol. The summed E-state index contributed by atoms with van der Waals surface area (Å²) in [6, 6.07) is 4.96. The lowest BCUT2D eigenvalue weighted by atomic mass is 10.2. The van der Waals surface area contributed by atoms with E-state index in [9.17, 15) is 4.79 Å². The number of nitrogen functional groups attached to an aromatic ring is 1. The summed E-state index contributed by atoms with van der Waals surface area (Å²) in [6.45, 7) is 1.80. The maximum atomic E-state index is 12.0. The van der Waals surface area contributed by atoms with E-state index in [1.807, 2.05) is 0 Å². The first-order valence-electron chi connectivity index (χ1n) is 5.35. The Morgan fingerprint density at radius 2 is 2.37 bits per heavy atom. The van der Waals surface area contributed by atoms with Crippen LogP contribution < -0.4 is 11.1 Å². The Hall–Kier alpha value is -1.31. The van der Waals surface area contributed by atoms with Gasteiger partial charge in [-0.2, -0.15) is 0 Å². The van der Waals surface area contributed by atoms with Crippen molar-refractivity contribution in [1.29, 1.82) is 0 Å². The molecule has 1 unspecified atom stereocenters. The molecule has 0 aliphatic carbocycles. The Balaban J connectivity index is 2.00. The van der Waals surface area contributed by atoms with E-state index in [0.717, 1.165) is 4.34 Å². The Morgan fingerprint density at radius 1 is 1.58 bits per heavy atom. The van der Waals surface area contributed by atoms with Crippen molar-refractivity contribution in [3.63, 3.8) is 0 Å². The van der Waals surface area contributed by atoms with Gasteiger partial charge in [0, 0.05) is 5.69 Å². The predicted molar refractivity (Wildman–Crippen MR) is 79.7 cm³/mol. The highest BCUT2D eigenvalue weighted by Crippen LogP contribution is 2.27. The number of nitrogens with two attached hydrogens (primary N) is 1. The minimum atomic E-state index is -0.290. The van der Waals surface area contributed by atoms with Gasteiger partial charge in [0.15, 0.2) is 4.34 Å². The smallest absolute Gasteiger partial charge is 0.237 e. The van der Waals surface area contributed by atoms with E-state index in [0.29, 0.717) is 16.4 Å². The molecular formula is C11H11ClN4OS2. The lowest BCUT2D eigenvalue weighted by molar-refractivity contribution is -0.115. The van der Waals surface area contributed by atoms with Crippen LogP contribution in [0, 0.1) is 0 Å². The van der Waals surface area contributed by atoms with E-state index >= 15 is 0 Å². The number of nitrogens with one attached hydrogen (secondary N) is 1. The fourth-order valence-electron chi connectivity index (χ4n) is 1.29. The van der Waals surface area contributed by atoms with Gasteiger partial charge in [-0.25, -0.2) is 0 Å². The van der Waals surface area contributed by atoms with Gasteiger partial charge in [-0.1, -0.05) is 34.7 Å². The number of hydrogen-bond acceptors (Lipinski definition) is 6. The van der Waals surface area contributed by atoms with Crippen LogP contribution in [0.15, 0.2) is 28.0 Å². The molecule has 1 atom stereocenters. The molecule has 2 aromatic rings. The second-order valence-electron chi connectivity index (χ2n) is 3.69. The van der Waals surface area contributed by atoms with E-state index < -0.39 is 0 Å². The van der Waals surface area contributed by atoms with Crippen molar-refractivity contribution in [2.24, 2.45) is 0 Å². The second kappa shape index (κ2) is 6.23. The molecule has 3 N–H and O–H groups in total.